The van der Waals surface area contributed by atoms with Crippen LogP contribution in [0.2, 0.25) is 0 Å². The number of esters is 1. The van der Waals surface area contributed by atoms with E-state index in [1.807, 2.05) is 40.0 Å². The lowest BCUT2D eigenvalue weighted by molar-refractivity contribution is -0.151. The minimum Gasteiger partial charge on any atom is -0.508 e. The van der Waals surface area contributed by atoms with E-state index in [0.717, 1.165) is 24.9 Å². The molecule has 1 aromatic carbocycles. The summed E-state index contributed by atoms with van der Waals surface area (Å²) in [6, 6.07) is 6.97. The van der Waals surface area contributed by atoms with Gasteiger partial charge >= 0.3 is 5.97 Å². The predicted octanol–water partition coefficient (Wildman–Crippen LogP) is 2.84. The van der Waals surface area contributed by atoms with Crippen molar-refractivity contribution in [3.8, 4) is 5.75 Å². The molecule has 4 nitrogen and oxygen atoms in total. The highest BCUT2D eigenvalue weighted by atomic mass is 16.5. The van der Waals surface area contributed by atoms with Crippen LogP contribution in [-0.4, -0.2) is 42.2 Å². The molecule has 0 amide bonds. The van der Waals surface area contributed by atoms with Gasteiger partial charge in [0.2, 0.25) is 0 Å². The number of phenols is 1. The first-order valence-corrected chi connectivity index (χ1v) is 7.60. The second-order valence-electron chi connectivity index (χ2n) is 5.75. The molecule has 0 radical (unpaired) electrons. The monoisotopic (exact) mass is 293 g/mol. The standard InChI is InChI=1S/C17H27NO3/c1-5-12-21-17(20)16(13(2)3)18(4)11-10-14-6-8-15(19)9-7-14/h6-9,13,16,19H,5,10-12H2,1-4H3. The van der Waals surface area contributed by atoms with E-state index in [9.17, 15) is 9.90 Å². The van der Waals surface area contributed by atoms with Gasteiger partial charge in [-0.25, -0.2) is 0 Å². The molecule has 4 heteroatoms. The number of nitrogens with zero attached hydrogens (tertiary/aromatic N) is 1. The van der Waals surface area contributed by atoms with Gasteiger partial charge in [0.1, 0.15) is 11.8 Å². The maximum atomic E-state index is 12.1. The van der Waals surface area contributed by atoms with Gasteiger partial charge in [-0.1, -0.05) is 32.9 Å². The lowest BCUT2D eigenvalue weighted by atomic mass is 10.0. The quantitative estimate of drug-likeness (QED) is 0.749. The van der Waals surface area contributed by atoms with Gasteiger partial charge in [0.15, 0.2) is 0 Å². The van der Waals surface area contributed by atoms with Crippen LogP contribution >= 0.6 is 0 Å². The number of aromatic hydroxyl groups is 1. The van der Waals surface area contributed by atoms with E-state index in [1.165, 1.54) is 0 Å². The Balaban J connectivity index is 2.58. The van der Waals surface area contributed by atoms with Crippen LogP contribution < -0.4 is 0 Å². The summed E-state index contributed by atoms with van der Waals surface area (Å²) < 4.78 is 5.29. The van der Waals surface area contributed by atoms with Crippen LogP contribution in [-0.2, 0) is 16.0 Å². The molecule has 1 aromatic rings. The van der Waals surface area contributed by atoms with Crippen LogP contribution in [0.25, 0.3) is 0 Å². The van der Waals surface area contributed by atoms with Gasteiger partial charge in [0.05, 0.1) is 6.61 Å². The molecule has 21 heavy (non-hydrogen) atoms. The Bertz CT molecular complexity index is 428. The van der Waals surface area contributed by atoms with E-state index in [0.29, 0.717) is 6.61 Å². The fourth-order valence-corrected chi connectivity index (χ4v) is 2.36. The molecular formula is C17H27NO3. The zero-order valence-electron chi connectivity index (χ0n) is 13.5. The third-order valence-electron chi connectivity index (χ3n) is 3.49. The van der Waals surface area contributed by atoms with Crippen molar-refractivity contribution >= 4 is 5.97 Å². The minimum atomic E-state index is -0.214. The van der Waals surface area contributed by atoms with Crippen LogP contribution in [0, 0.1) is 5.92 Å². The summed E-state index contributed by atoms with van der Waals surface area (Å²) in [5.41, 5.74) is 1.14. The Morgan fingerprint density at radius 1 is 1.29 bits per heavy atom. The maximum absolute atomic E-state index is 12.1. The molecule has 0 spiro atoms. The molecule has 0 aliphatic heterocycles. The molecule has 1 N–H and O–H groups in total. The van der Waals surface area contributed by atoms with Crippen LogP contribution in [0.15, 0.2) is 24.3 Å². The molecule has 1 rings (SSSR count). The third-order valence-corrected chi connectivity index (χ3v) is 3.49. The molecule has 0 saturated carbocycles. The number of phenolic OH excluding ortho intramolecular Hbond substituents is 1. The van der Waals surface area contributed by atoms with Crippen LogP contribution in [0.4, 0.5) is 0 Å². The molecule has 0 fully saturated rings. The van der Waals surface area contributed by atoms with E-state index < -0.39 is 0 Å². The number of carbonyl (C=O) groups excluding carboxylic acids is 1. The summed E-state index contributed by atoms with van der Waals surface area (Å²) in [5, 5.41) is 9.28. The van der Waals surface area contributed by atoms with Crippen molar-refractivity contribution in [1.82, 2.24) is 4.90 Å². The SMILES string of the molecule is CCCOC(=O)C(C(C)C)N(C)CCc1ccc(O)cc1. The second-order valence-corrected chi connectivity index (χ2v) is 5.75. The highest BCUT2D eigenvalue weighted by molar-refractivity contribution is 5.76. The first kappa shape index (κ1) is 17.5. The number of carbonyl (C=O) groups is 1. The fraction of sp³-hybridized carbons (Fsp3) is 0.588. The van der Waals surface area contributed by atoms with E-state index >= 15 is 0 Å². The highest BCUT2D eigenvalue weighted by Crippen LogP contribution is 2.14. The fourth-order valence-electron chi connectivity index (χ4n) is 2.36. The van der Waals surface area contributed by atoms with Crippen molar-refractivity contribution in [1.29, 1.82) is 0 Å². The van der Waals surface area contributed by atoms with Gasteiger partial charge < -0.3 is 9.84 Å². The Hall–Kier alpha value is -1.55. The molecule has 1 atom stereocenters. The van der Waals surface area contributed by atoms with Crippen molar-refractivity contribution in [2.45, 2.75) is 39.7 Å². The number of benzene rings is 1. The minimum absolute atomic E-state index is 0.139. The maximum Gasteiger partial charge on any atom is 0.323 e. The Morgan fingerprint density at radius 3 is 2.43 bits per heavy atom. The highest BCUT2D eigenvalue weighted by Gasteiger charge is 2.27. The van der Waals surface area contributed by atoms with E-state index in [4.69, 9.17) is 4.74 Å². The zero-order chi connectivity index (χ0) is 15.8. The summed E-state index contributed by atoms with van der Waals surface area (Å²) in [4.78, 5) is 14.2. The van der Waals surface area contributed by atoms with Crippen molar-refractivity contribution in [2.75, 3.05) is 20.2 Å². The Kier molecular flexibility index (Phi) is 7.23. The number of hydrogen-bond acceptors (Lipinski definition) is 4. The summed E-state index contributed by atoms with van der Waals surface area (Å²) >= 11 is 0. The summed E-state index contributed by atoms with van der Waals surface area (Å²) in [6.07, 6.45) is 1.68. The van der Waals surface area contributed by atoms with Crippen molar-refractivity contribution in [2.24, 2.45) is 5.92 Å². The number of hydrogen-bond donors (Lipinski definition) is 1. The summed E-state index contributed by atoms with van der Waals surface area (Å²) in [5.74, 6) is 0.342. The third kappa shape index (κ3) is 5.76. The van der Waals surface area contributed by atoms with E-state index in [2.05, 4.69) is 4.90 Å². The zero-order valence-corrected chi connectivity index (χ0v) is 13.5. The van der Waals surface area contributed by atoms with Crippen LogP contribution in [0.3, 0.4) is 0 Å². The van der Waals surface area contributed by atoms with Gasteiger partial charge in [-0.3, -0.25) is 9.69 Å². The average Bonchev–Trinajstić information content (AvgIpc) is 2.44. The molecule has 0 bridgehead atoms. The van der Waals surface area contributed by atoms with Gasteiger partial charge in [-0.05, 0) is 43.5 Å². The van der Waals surface area contributed by atoms with Gasteiger partial charge in [0, 0.05) is 6.54 Å². The second kappa shape index (κ2) is 8.67. The van der Waals surface area contributed by atoms with E-state index in [1.54, 1.807) is 12.1 Å². The summed E-state index contributed by atoms with van der Waals surface area (Å²) in [7, 11) is 1.96. The molecule has 0 aliphatic rings. The lowest BCUT2D eigenvalue weighted by Gasteiger charge is -2.29. The van der Waals surface area contributed by atoms with Gasteiger partial charge in [-0.15, -0.1) is 0 Å². The smallest absolute Gasteiger partial charge is 0.323 e. The van der Waals surface area contributed by atoms with Crippen molar-refractivity contribution in [3.63, 3.8) is 0 Å². The van der Waals surface area contributed by atoms with Gasteiger partial charge in [0.25, 0.3) is 0 Å². The Morgan fingerprint density at radius 2 is 1.90 bits per heavy atom. The molecule has 118 valence electrons. The molecule has 0 aromatic heterocycles. The molecule has 0 aliphatic carbocycles. The molecular weight excluding hydrogens is 266 g/mol. The normalized spacial score (nSPS) is 12.7. The van der Waals surface area contributed by atoms with Gasteiger partial charge in [-0.2, -0.15) is 0 Å². The topological polar surface area (TPSA) is 49.8 Å². The van der Waals surface area contributed by atoms with Crippen LogP contribution in [0.1, 0.15) is 32.8 Å². The number of ether oxygens (including phenoxy) is 1. The largest absolute Gasteiger partial charge is 0.508 e. The number of rotatable bonds is 8. The van der Waals surface area contributed by atoms with E-state index in [-0.39, 0.29) is 23.7 Å². The average molecular weight is 293 g/mol. The van der Waals surface area contributed by atoms with Crippen molar-refractivity contribution < 1.29 is 14.6 Å². The number of likely N-dealkylation sites (N-methyl/N-ethyl adjacent to an activating group) is 1. The Labute approximate surface area is 127 Å². The molecule has 1 unspecified atom stereocenters. The first-order chi connectivity index (χ1) is 9.95. The predicted molar refractivity (Wildman–Crippen MR) is 84.3 cm³/mol. The van der Waals surface area contributed by atoms with Crippen LogP contribution in [0.5, 0.6) is 5.75 Å². The lowest BCUT2D eigenvalue weighted by Crippen LogP contribution is -2.44. The molecule has 0 heterocycles. The first-order valence-electron chi connectivity index (χ1n) is 7.60. The molecule has 0 saturated heterocycles. The summed E-state index contributed by atoms with van der Waals surface area (Å²) in [6.45, 7) is 7.32. The van der Waals surface area contributed by atoms with Crippen molar-refractivity contribution in [3.05, 3.63) is 29.8 Å².